The summed E-state index contributed by atoms with van der Waals surface area (Å²) in [5.41, 5.74) is 6.59. The molecule has 2 rings (SSSR count). The van der Waals surface area contributed by atoms with Crippen molar-refractivity contribution in [1.29, 1.82) is 0 Å². The number of ether oxygens (including phenoxy) is 1. The summed E-state index contributed by atoms with van der Waals surface area (Å²) >= 11 is 0. The largest absolute Gasteiger partial charge is 0.378 e. The van der Waals surface area contributed by atoms with Crippen LogP contribution < -0.4 is 5.73 Å². The zero-order valence-electron chi connectivity index (χ0n) is 11.5. The summed E-state index contributed by atoms with van der Waals surface area (Å²) in [4.78, 5) is 0. The van der Waals surface area contributed by atoms with Crippen LogP contribution in [0.1, 0.15) is 43.4 Å². The number of benzene rings is 1. The van der Waals surface area contributed by atoms with Gasteiger partial charge in [-0.15, -0.1) is 0 Å². The summed E-state index contributed by atoms with van der Waals surface area (Å²) in [6.07, 6.45) is 2.94. The normalized spacial score (nSPS) is 24.1. The predicted octanol–water partition coefficient (Wildman–Crippen LogP) is 3.48. The van der Waals surface area contributed by atoms with Gasteiger partial charge in [0.15, 0.2) is 11.6 Å². The number of nitrogens with two attached hydrogens (primary N) is 1. The highest BCUT2D eigenvalue weighted by Crippen LogP contribution is 2.36. The highest BCUT2D eigenvalue weighted by Gasteiger charge is 2.31. The third-order valence-electron chi connectivity index (χ3n) is 3.89. The van der Waals surface area contributed by atoms with Gasteiger partial charge in [0.25, 0.3) is 0 Å². The van der Waals surface area contributed by atoms with E-state index in [2.05, 4.69) is 0 Å². The molecule has 0 heterocycles. The first-order valence-corrected chi connectivity index (χ1v) is 6.84. The molecule has 1 aliphatic carbocycles. The maximum atomic E-state index is 13.8. The van der Waals surface area contributed by atoms with Crippen LogP contribution in [0.4, 0.5) is 8.78 Å². The van der Waals surface area contributed by atoms with Gasteiger partial charge in [0.05, 0.1) is 6.10 Å². The minimum atomic E-state index is -0.798. The van der Waals surface area contributed by atoms with Crippen LogP contribution in [0, 0.1) is 24.5 Å². The van der Waals surface area contributed by atoms with E-state index in [1.165, 1.54) is 0 Å². The second-order valence-electron chi connectivity index (χ2n) is 5.36. The van der Waals surface area contributed by atoms with E-state index in [0.717, 1.165) is 19.4 Å². The number of hydrogen-bond acceptors (Lipinski definition) is 2. The van der Waals surface area contributed by atoms with E-state index in [9.17, 15) is 8.78 Å². The maximum absolute atomic E-state index is 13.8. The van der Waals surface area contributed by atoms with Gasteiger partial charge in [-0.05, 0) is 44.6 Å². The van der Waals surface area contributed by atoms with Crippen LogP contribution >= 0.6 is 0 Å². The first-order chi connectivity index (χ1) is 9.02. The minimum Gasteiger partial charge on any atom is -0.378 e. The Bertz CT molecular complexity index is 444. The molecule has 0 aromatic heterocycles. The van der Waals surface area contributed by atoms with Crippen LogP contribution in [0.15, 0.2) is 12.1 Å². The van der Waals surface area contributed by atoms with Gasteiger partial charge in [-0.2, -0.15) is 0 Å². The average molecular weight is 269 g/mol. The molecule has 0 aliphatic heterocycles. The summed E-state index contributed by atoms with van der Waals surface area (Å²) in [5, 5.41) is 0. The number of halogens is 2. The van der Waals surface area contributed by atoms with Crippen molar-refractivity contribution in [2.75, 3.05) is 6.61 Å². The zero-order valence-corrected chi connectivity index (χ0v) is 11.5. The molecule has 1 aliphatic rings. The molecule has 4 heteroatoms. The monoisotopic (exact) mass is 269 g/mol. The Morgan fingerprint density at radius 1 is 1.32 bits per heavy atom. The average Bonchev–Trinajstić information content (AvgIpc) is 2.33. The fourth-order valence-corrected chi connectivity index (χ4v) is 2.67. The minimum absolute atomic E-state index is 0.281. The van der Waals surface area contributed by atoms with E-state index in [1.54, 1.807) is 19.1 Å². The van der Waals surface area contributed by atoms with Crippen LogP contribution in [0.25, 0.3) is 0 Å². The molecule has 1 atom stereocenters. The topological polar surface area (TPSA) is 35.2 Å². The Morgan fingerprint density at radius 3 is 2.63 bits per heavy atom. The highest BCUT2D eigenvalue weighted by molar-refractivity contribution is 5.27. The summed E-state index contributed by atoms with van der Waals surface area (Å²) in [6.45, 7) is 4.25. The first kappa shape index (κ1) is 14.4. The van der Waals surface area contributed by atoms with Crippen molar-refractivity contribution in [2.45, 2.75) is 45.3 Å². The molecule has 1 aromatic rings. The molecule has 1 fully saturated rings. The molecule has 0 spiro atoms. The van der Waals surface area contributed by atoms with E-state index < -0.39 is 17.7 Å². The lowest BCUT2D eigenvalue weighted by molar-refractivity contribution is -0.0282. The van der Waals surface area contributed by atoms with Gasteiger partial charge in [-0.3, -0.25) is 0 Å². The molecule has 0 radical (unpaired) electrons. The fourth-order valence-electron chi connectivity index (χ4n) is 2.67. The summed E-state index contributed by atoms with van der Waals surface area (Å²) in [5.74, 6) is -1.13. The SMILES string of the molecule is CCOC1CC(CC(N)c2ccc(C)c(F)c2F)C1. The Kier molecular flexibility index (Phi) is 4.53. The van der Waals surface area contributed by atoms with E-state index in [-0.39, 0.29) is 5.56 Å². The molecular formula is C15H21F2NO. The second kappa shape index (κ2) is 5.97. The van der Waals surface area contributed by atoms with Crippen molar-refractivity contribution >= 4 is 0 Å². The Balaban J connectivity index is 1.94. The van der Waals surface area contributed by atoms with Crippen molar-refractivity contribution in [3.05, 3.63) is 34.9 Å². The lowest BCUT2D eigenvalue weighted by atomic mass is 9.77. The second-order valence-corrected chi connectivity index (χ2v) is 5.36. The summed E-state index contributed by atoms with van der Waals surface area (Å²) in [6, 6.07) is 2.73. The molecule has 1 aromatic carbocycles. The third-order valence-corrected chi connectivity index (χ3v) is 3.89. The lowest BCUT2D eigenvalue weighted by Gasteiger charge is -2.36. The Labute approximate surface area is 112 Å². The van der Waals surface area contributed by atoms with Crippen molar-refractivity contribution in [3.63, 3.8) is 0 Å². The third kappa shape index (κ3) is 3.12. The molecule has 0 saturated heterocycles. The first-order valence-electron chi connectivity index (χ1n) is 6.84. The van der Waals surface area contributed by atoms with E-state index >= 15 is 0 Å². The predicted molar refractivity (Wildman–Crippen MR) is 70.8 cm³/mol. The molecule has 1 saturated carbocycles. The van der Waals surface area contributed by atoms with Crippen molar-refractivity contribution < 1.29 is 13.5 Å². The van der Waals surface area contributed by atoms with Gasteiger partial charge in [0.1, 0.15) is 0 Å². The molecule has 0 bridgehead atoms. The molecule has 1 unspecified atom stereocenters. The van der Waals surface area contributed by atoms with Crippen LogP contribution in [0.5, 0.6) is 0 Å². The smallest absolute Gasteiger partial charge is 0.163 e. The van der Waals surface area contributed by atoms with Crippen LogP contribution in [0.3, 0.4) is 0 Å². The quantitative estimate of drug-likeness (QED) is 0.888. The molecule has 0 amide bonds. The van der Waals surface area contributed by atoms with Gasteiger partial charge in [0, 0.05) is 18.2 Å². The van der Waals surface area contributed by atoms with Crippen LogP contribution in [-0.4, -0.2) is 12.7 Å². The Hall–Kier alpha value is -1.00. The summed E-state index contributed by atoms with van der Waals surface area (Å²) < 4.78 is 32.8. The van der Waals surface area contributed by atoms with Gasteiger partial charge in [0.2, 0.25) is 0 Å². The molecule has 106 valence electrons. The molecule has 19 heavy (non-hydrogen) atoms. The number of rotatable bonds is 5. The van der Waals surface area contributed by atoms with Gasteiger partial charge < -0.3 is 10.5 Å². The zero-order chi connectivity index (χ0) is 14.0. The van der Waals surface area contributed by atoms with Gasteiger partial charge >= 0.3 is 0 Å². The molecular weight excluding hydrogens is 248 g/mol. The van der Waals surface area contributed by atoms with Crippen LogP contribution in [-0.2, 0) is 4.74 Å². The maximum Gasteiger partial charge on any atom is 0.163 e. The molecule has 2 nitrogen and oxygen atoms in total. The Morgan fingerprint density at radius 2 is 2.00 bits per heavy atom. The number of hydrogen-bond donors (Lipinski definition) is 1. The van der Waals surface area contributed by atoms with Crippen LogP contribution in [0.2, 0.25) is 0 Å². The van der Waals surface area contributed by atoms with Crippen molar-refractivity contribution in [2.24, 2.45) is 11.7 Å². The van der Waals surface area contributed by atoms with E-state index in [0.29, 0.717) is 24.0 Å². The van der Waals surface area contributed by atoms with Gasteiger partial charge in [-0.1, -0.05) is 12.1 Å². The van der Waals surface area contributed by atoms with Crippen molar-refractivity contribution in [3.8, 4) is 0 Å². The van der Waals surface area contributed by atoms with E-state index in [1.807, 2.05) is 6.92 Å². The summed E-state index contributed by atoms with van der Waals surface area (Å²) in [7, 11) is 0. The molecule has 2 N–H and O–H groups in total. The fraction of sp³-hybridized carbons (Fsp3) is 0.600. The standard InChI is InChI=1S/C15H21F2NO/c1-3-19-11-6-10(7-11)8-13(18)12-5-4-9(2)14(16)15(12)17/h4-5,10-11,13H,3,6-8,18H2,1-2H3. The highest BCUT2D eigenvalue weighted by atomic mass is 19.2. The van der Waals surface area contributed by atoms with Crippen molar-refractivity contribution in [1.82, 2.24) is 0 Å². The van der Waals surface area contributed by atoms with Gasteiger partial charge in [-0.25, -0.2) is 8.78 Å². The number of aryl methyl sites for hydroxylation is 1. The van der Waals surface area contributed by atoms with E-state index in [4.69, 9.17) is 10.5 Å². The lowest BCUT2D eigenvalue weighted by Crippen LogP contribution is -2.33.